The molecule has 0 saturated carbocycles. The molecule has 3 nitrogen and oxygen atoms in total. The first-order valence-corrected chi connectivity index (χ1v) is 6.30. The Bertz CT molecular complexity index is 590. The number of rotatable bonds is 2. The lowest BCUT2D eigenvalue weighted by Crippen LogP contribution is -2.06. The number of ether oxygens (including phenoxy) is 2. The molecule has 0 aromatic heterocycles. The van der Waals surface area contributed by atoms with Crippen molar-refractivity contribution in [2.45, 2.75) is 6.42 Å². The molecule has 0 saturated heterocycles. The first kappa shape index (κ1) is 11.9. The van der Waals surface area contributed by atoms with Crippen molar-refractivity contribution in [1.82, 2.24) is 0 Å². The molecule has 0 radical (unpaired) electrons. The number of hydrogen-bond acceptors (Lipinski definition) is 3. The second-order valence-electron chi connectivity index (χ2n) is 4.46. The second-order valence-corrected chi connectivity index (χ2v) is 4.46. The average molecular weight is 254 g/mol. The van der Waals surface area contributed by atoms with Crippen LogP contribution in [0, 0.1) is 0 Å². The van der Waals surface area contributed by atoms with Crippen LogP contribution in [-0.2, 0) is 11.2 Å². The molecule has 1 aliphatic heterocycles. The number of carbonyl (C=O) groups excluding carboxylic acids is 1. The fourth-order valence-corrected chi connectivity index (χ4v) is 2.15. The summed E-state index contributed by atoms with van der Waals surface area (Å²) in [6.45, 7) is 0.749. The topological polar surface area (TPSA) is 35.5 Å². The molecule has 96 valence electrons. The highest BCUT2D eigenvalue weighted by Crippen LogP contribution is 2.25. The van der Waals surface area contributed by atoms with Crippen LogP contribution in [0.3, 0.4) is 0 Å². The molecule has 0 amide bonds. The number of benzene rings is 2. The first-order chi connectivity index (χ1) is 9.33. The van der Waals surface area contributed by atoms with Crippen LogP contribution in [0.2, 0.25) is 0 Å². The fraction of sp³-hybridized carbons (Fsp3) is 0.188. The number of fused-ring (bicyclic) bond motifs is 1. The van der Waals surface area contributed by atoms with Gasteiger partial charge in [0.15, 0.2) is 5.78 Å². The number of ketones is 1. The molecule has 0 fully saturated rings. The lowest BCUT2D eigenvalue weighted by molar-refractivity contribution is 0.0788. The minimum atomic E-state index is 0.0195. The number of Topliss-reactive ketones (excluding diaryl/α,β-unsaturated/α-hetero) is 1. The fourth-order valence-electron chi connectivity index (χ4n) is 2.15. The van der Waals surface area contributed by atoms with Crippen molar-refractivity contribution in [1.29, 1.82) is 0 Å². The minimum absolute atomic E-state index is 0.0195. The smallest absolute Gasteiger partial charge is 0.188 e. The second kappa shape index (κ2) is 5.24. The van der Waals surface area contributed by atoms with E-state index in [0.717, 1.165) is 17.7 Å². The van der Waals surface area contributed by atoms with Crippen LogP contribution in [0.4, 0.5) is 0 Å². The molecular weight excluding hydrogens is 240 g/mol. The van der Waals surface area contributed by atoms with Gasteiger partial charge in [0.1, 0.15) is 18.1 Å². The number of carbonyl (C=O) groups is 1. The van der Waals surface area contributed by atoms with Gasteiger partial charge < -0.3 is 9.47 Å². The van der Waals surface area contributed by atoms with Gasteiger partial charge in [0.2, 0.25) is 0 Å². The van der Waals surface area contributed by atoms with Crippen LogP contribution >= 0.6 is 0 Å². The lowest BCUT2D eigenvalue weighted by atomic mass is 10.0. The van der Waals surface area contributed by atoms with E-state index in [1.807, 2.05) is 42.5 Å². The van der Waals surface area contributed by atoms with E-state index in [1.165, 1.54) is 0 Å². The Morgan fingerprint density at radius 1 is 1.00 bits per heavy atom. The Labute approximate surface area is 111 Å². The van der Waals surface area contributed by atoms with Gasteiger partial charge in [-0.05, 0) is 36.2 Å². The summed E-state index contributed by atoms with van der Waals surface area (Å²) in [5.74, 6) is 1.46. The van der Waals surface area contributed by atoms with Crippen molar-refractivity contribution in [3.63, 3.8) is 0 Å². The van der Waals surface area contributed by atoms with E-state index in [1.54, 1.807) is 6.07 Å². The Morgan fingerprint density at radius 2 is 1.84 bits per heavy atom. The van der Waals surface area contributed by atoms with Crippen LogP contribution in [0.5, 0.6) is 11.5 Å². The van der Waals surface area contributed by atoms with E-state index in [4.69, 9.17) is 9.47 Å². The van der Waals surface area contributed by atoms with Crippen molar-refractivity contribution in [3.05, 3.63) is 59.7 Å². The molecule has 2 aromatic rings. The Morgan fingerprint density at radius 3 is 2.68 bits per heavy atom. The van der Waals surface area contributed by atoms with E-state index < -0.39 is 0 Å². The zero-order chi connectivity index (χ0) is 13.1. The van der Waals surface area contributed by atoms with Gasteiger partial charge in [-0.1, -0.05) is 24.3 Å². The van der Waals surface area contributed by atoms with Crippen molar-refractivity contribution < 1.29 is 14.3 Å². The Kier molecular flexibility index (Phi) is 3.29. The van der Waals surface area contributed by atoms with E-state index in [0.29, 0.717) is 17.9 Å². The van der Waals surface area contributed by atoms with Gasteiger partial charge in [0.05, 0.1) is 6.61 Å². The summed E-state index contributed by atoms with van der Waals surface area (Å²) in [7, 11) is 0. The lowest BCUT2D eigenvalue weighted by Gasteiger charge is -2.09. The van der Waals surface area contributed by atoms with Crippen molar-refractivity contribution in [2.75, 3.05) is 13.2 Å². The van der Waals surface area contributed by atoms with Crippen molar-refractivity contribution in [3.8, 4) is 11.5 Å². The van der Waals surface area contributed by atoms with Crippen LogP contribution in [0.1, 0.15) is 15.9 Å². The third-order valence-electron chi connectivity index (χ3n) is 3.11. The molecule has 0 aliphatic carbocycles. The van der Waals surface area contributed by atoms with Gasteiger partial charge in [-0.15, -0.1) is 0 Å². The summed E-state index contributed by atoms with van der Waals surface area (Å²) in [6, 6.07) is 15.2. The highest BCUT2D eigenvalue weighted by atomic mass is 16.5. The summed E-state index contributed by atoms with van der Waals surface area (Å²) in [5.41, 5.74) is 1.74. The van der Waals surface area contributed by atoms with Gasteiger partial charge >= 0.3 is 0 Å². The largest absolute Gasteiger partial charge is 0.457 e. The van der Waals surface area contributed by atoms with E-state index in [9.17, 15) is 4.79 Å². The van der Waals surface area contributed by atoms with Gasteiger partial charge in [-0.3, -0.25) is 4.79 Å². The number of hydrogen-bond donors (Lipinski definition) is 0. The third-order valence-corrected chi connectivity index (χ3v) is 3.11. The molecule has 0 N–H and O–H groups in total. The monoisotopic (exact) mass is 254 g/mol. The minimum Gasteiger partial charge on any atom is -0.457 e. The Hall–Kier alpha value is -2.13. The Balaban J connectivity index is 1.90. The predicted molar refractivity (Wildman–Crippen MR) is 71.8 cm³/mol. The molecule has 0 spiro atoms. The SMILES string of the molecule is O=C1COCCc2ccc(Oc3ccccc3)cc21. The molecule has 0 atom stereocenters. The van der Waals surface area contributed by atoms with E-state index in [-0.39, 0.29) is 12.4 Å². The van der Waals surface area contributed by atoms with Crippen LogP contribution in [0.15, 0.2) is 48.5 Å². The molecular formula is C16H14O3. The molecule has 19 heavy (non-hydrogen) atoms. The summed E-state index contributed by atoms with van der Waals surface area (Å²) in [5, 5.41) is 0. The van der Waals surface area contributed by atoms with Crippen LogP contribution in [-0.4, -0.2) is 19.0 Å². The molecule has 0 unspecified atom stereocenters. The number of para-hydroxylation sites is 1. The van der Waals surface area contributed by atoms with Crippen LogP contribution < -0.4 is 4.74 Å². The molecule has 3 heteroatoms. The summed E-state index contributed by atoms with van der Waals surface area (Å²) in [6.07, 6.45) is 0.771. The molecule has 0 bridgehead atoms. The van der Waals surface area contributed by atoms with Gasteiger partial charge in [-0.2, -0.15) is 0 Å². The van der Waals surface area contributed by atoms with Gasteiger partial charge in [0, 0.05) is 5.56 Å². The zero-order valence-corrected chi connectivity index (χ0v) is 10.5. The predicted octanol–water partition coefficient (Wildman–Crippen LogP) is 3.23. The summed E-state index contributed by atoms with van der Waals surface area (Å²) in [4.78, 5) is 11.9. The van der Waals surface area contributed by atoms with Crippen molar-refractivity contribution in [2.24, 2.45) is 0 Å². The van der Waals surface area contributed by atoms with E-state index in [2.05, 4.69) is 0 Å². The molecule has 1 aliphatic rings. The maximum Gasteiger partial charge on any atom is 0.188 e. The van der Waals surface area contributed by atoms with Crippen molar-refractivity contribution >= 4 is 5.78 Å². The van der Waals surface area contributed by atoms with Gasteiger partial charge in [-0.25, -0.2) is 0 Å². The highest BCUT2D eigenvalue weighted by Gasteiger charge is 2.16. The van der Waals surface area contributed by atoms with E-state index >= 15 is 0 Å². The van der Waals surface area contributed by atoms with Gasteiger partial charge in [0.25, 0.3) is 0 Å². The maximum atomic E-state index is 11.9. The quantitative estimate of drug-likeness (QED) is 0.825. The molecule has 3 rings (SSSR count). The standard InChI is InChI=1S/C16H14O3/c17-16-11-18-9-8-12-6-7-14(10-15(12)16)19-13-4-2-1-3-5-13/h1-7,10H,8-9,11H2. The molecule has 1 heterocycles. The molecule has 2 aromatic carbocycles. The van der Waals surface area contributed by atoms with Crippen LogP contribution in [0.25, 0.3) is 0 Å². The average Bonchev–Trinajstić information content (AvgIpc) is 2.62. The maximum absolute atomic E-state index is 11.9. The zero-order valence-electron chi connectivity index (χ0n) is 10.5. The normalized spacial score (nSPS) is 14.6. The summed E-state index contributed by atoms with van der Waals surface area (Å²) < 4.78 is 11.0. The summed E-state index contributed by atoms with van der Waals surface area (Å²) >= 11 is 0. The third kappa shape index (κ3) is 2.66. The first-order valence-electron chi connectivity index (χ1n) is 6.30. The highest BCUT2D eigenvalue weighted by molar-refractivity contribution is 5.99.